The molecule has 0 saturated carbocycles. The number of hydrogen-bond donors (Lipinski definition) is 1. The summed E-state index contributed by atoms with van der Waals surface area (Å²) in [5, 5.41) is 0. The van der Waals surface area contributed by atoms with E-state index in [1.165, 1.54) is 5.56 Å². The molecular weight excluding hydrogens is 230 g/mol. The second-order valence-corrected chi connectivity index (χ2v) is 4.56. The first-order valence-electron chi connectivity index (χ1n) is 6.19. The van der Waals surface area contributed by atoms with E-state index in [2.05, 4.69) is 16.0 Å². The van der Waals surface area contributed by atoms with Crippen molar-refractivity contribution in [2.24, 2.45) is 5.73 Å². The fourth-order valence-corrected chi connectivity index (χ4v) is 2.44. The molecule has 1 fully saturated rings. The first-order valence-corrected chi connectivity index (χ1v) is 6.19. The molecule has 1 aliphatic heterocycles. The minimum atomic E-state index is 0.146. The summed E-state index contributed by atoms with van der Waals surface area (Å²) >= 11 is 0. The van der Waals surface area contributed by atoms with Crippen molar-refractivity contribution in [2.45, 2.75) is 25.3 Å². The van der Waals surface area contributed by atoms with E-state index < -0.39 is 0 Å². The Morgan fingerprint density at radius 3 is 2.56 bits per heavy atom. The molecule has 18 heavy (non-hydrogen) atoms. The molecule has 0 aliphatic carbocycles. The molecule has 0 aromatic carbocycles. The van der Waals surface area contributed by atoms with Crippen LogP contribution in [0.5, 0.6) is 0 Å². The van der Waals surface area contributed by atoms with Gasteiger partial charge in [0, 0.05) is 46.6 Å². The third-order valence-electron chi connectivity index (χ3n) is 3.47. The van der Waals surface area contributed by atoms with Crippen LogP contribution in [0.25, 0.3) is 0 Å². The Morgan fingerprint density at radius 1 is 1.33 bits per heavy atom. The fraction of sp³-hybridized carbons (Fsp3) is 0.615. The van der Waals surface area contributed by atoms with Gasteiger partial charge in [-0.15, -0.1) is 0 Å². The van der Waals surface area contributed by atoms with E-state index in [9.17, 15) is 0 Å². The van der Waals surface area contributed by atoms with Crippen LogP contribution in [0, 0.1) is 0 Å². The van der Waals surface area contributed by atoms with Crippen LogP contribution in [-0.4, -0.2) is 49.4 Å². The Labute approximate surface area is 108 Å². The molecule has 2 N–H and O–H groups in total. The molecule has 1 aliphatic rings. The van der Waals surface area contributed by atoms with Crippen LogP contribution in [-0.2, 0) is 22.6 Å². The normalized spacial score (nSPS) is 24.6. The number of methoxy groups -OCH3 is 2. The summed E-state index contributed by atoms with van der Waals surface area (Å²) in [6.07, 6.45) is 2.08. The van der Waals surface area contributed by atoms with E-state index in [-0.39, 0.29) is 12.2 Å². The van der Waals surface area contributed by atoms with Crippen molar-refractivity contribution in [2.75, 3.05) is 27.3 Å². The van der Waals surface area contributed by atoms with E-state index in [0.717, 1.165) is 25.3 Å². The Balaban J connectivity index is 2.02. The van der Waals surface area contributed by atoms with E-state index in [0.29, 0.717) is 6.54 Å². The maximum absolute atomic E-state index is 5.70. The monoisotopic (exact) mass is 251 g/mol. The summed E-state index contributed by atoms with van der Waals surface area (Å²) in [4.78, 5) is 6.62. The zero-order chi connectivity index (χ0) is 13.0. The molecule has 100 valence electrons. The van der Waals surface area contributed by atoms with E-state index in [1.807, 2.05) is 6.07 Å². The largest absolute Gasteiger partial charge is 0.377 e. The van der Waals surface area contributed by atoms with Crippen molar-refractivity contribution in [1.82, 2.24) is 9.88 Å². The summed E-state index contributed by atoms with van der Waals surface area (Å²) in [6.45, 7) is 3.09. The zero-order valence-corrected chi connectivity index (χ0v) is 11.0. The molecule has 2 heterocycles. The second kappa shape index (κ2) is 6.24. The highest BCUT2D eigenvalue weighted by Crippen LogP contribution is 2.19. The standard InChI is InChI=1S/C13H21N3O2/c1-17-12-8-16(9-13(12)18-2)7-10-4-3-5-15-11(10)6-14/h3-5,12-13H,6-9,14H2,1-2H3. The van der Waals surface area contributed by atoms with Crippen LogP contribution >= 0.6 is 0 Å². The highest BCUT2D eigenvalue weighted by Gasteiger charge is 2.32. The van der Waals surface area contributed by atoms with Gasteiger partial charge >= 0.3 is 0 Å². The molecular formula is C13H21N3O2. The number of nitrogens with two attached hydrogens (primary N) is 1. The number of hydrogen-bond acceptors (Lipinski definition) is 5. The van der Waals surface area contributed by atoms with Gasteiger partial charge in [-0.1, -0.05) is 6.07 Å². The zero-order valence-electron chi connectivity index (χ0n) is 11.0. The minimum absolute atomic E-state index is 0.146. The molecule has 1 saturated heterocycles. The van der Waals surface area contributed by atoms with Gasteiger partial charge in [0.2, 0.25) is 0 Å². The number of ether oxygens (including phenoxy) is 2. The number of aromatic nitrogens is 1. The predicted octanol–water partition coefficient (Wildman–Crippen LogP) is 0.386. The van der Waals surface area contributed by atoms with Gasteiger partial charge in [0.15, 0.2) is 0 Å². The molecule has 0 bridgehead atoms. The summed E-state index contributed by atoms with van der Waals surface area (Å²) in [6, 6.07) is 4.03. The van der Waals surface area contributed by atoms with Crippen LogP contribution in [0.3, 0.4) is 0 Å². The Morgan fingerprint density at radius 2 is 2.00 bits per heavy atom. The Hall–Kier alpha value is -1.01. The Bertz CT molecular complexity index is 374. The molecule has 2 unspecified atom stereocenters. The molecule has 5 heteroatoms. The molecule has 0 amide bonds. The minimum Gasteiger partial charge on any atom is -0.377 e. The van der Waals surface area contributed by atoms with Crippen molar-refractivity contribution < 1.29 is 9.47 Å². The van der Waals surface area contributed by atoms with E-state index in [1.54, 1.807) is 20.4 Å². The molecule has 2 rings (SSSR count). The third-order valence-corrected chi connectivity index (χ3v) is 3.47. The van der Waals surface area contributed by atoms with Crippen molar-refractivity contribution in [1.29, 1.82) is 0 Å². The lowest BCUT2D eigenvalue weighted by Gasteiger charge is -2.16. The lowest BCUT2D eigenvalue weighted by atomic mass is 10.2. The van der Waals surface area contributed by atoms with Gasteiger partial charge in [-0.05, 0) is 11.6 Å². The maximum Gasteiger partial charge on any atom is 0.0971 e. The maximum atomic E-state index is 5.70. The molecule has 2 atom stereocenters. The smallest absolute Gasteiger partial charge is 0.0971 e. The van der Waals surface area contributed by atoms with Crippen molar-refractivity contribution in [3.63, 3.8) is 0 Å². The molecule has 0 spiro atoms. The van der Waals surface area contributed by atoms with Crippen molar-refractivity contribution in [3.05, 3.63) is 29.6 Å². The number of nitrogens with zero attached hydrogens (tertiary/aromatic N) is 2. The molecule has 1 aromatic heterocycles. The van der Waals surface area contributed by atoms with Gasteiger partial charge in [0.25, 0.3) is 0 Å². The van der Waals surface area contributed by atoms with Crippen molar-refractivity contribution >= 4 is 0 Å². The molecule has 5 nitrogen and oxygen atoms in total. The van der Waals surface area contributed by atoms with Crippen LogP contribution in [0.4, 0.5) is 0 Å². The van der Waals surface area contributed by atoms with Crippen LogP contribution in [0.15, 0.2) is 18.3 Å². The lowest BCUT2D eigenvalue weighted by Crippen LogP contribution is -2.27. The topological polar surface area (TPSA) is 60.6 Å². The highest BCUT2D eigenvalue weighted by molar-refractivity contribution is 5.19. The Kier molecular flexibility index (Phi) is 4.66. The summed E-state index contributed by atoms with van der Waals surface area (Å²) < 4.78 is 10.9. The van der Waals surface area contributed by atoms with Crippen LogP contribution < -0.4 is 5.73 Å². The second-order valence-electron chi connectivity index (χ2n) is 4.56. The van der Waals surface area contributed by atoms with Gasteiger partial charge in [-0.25, -0.2) is 0 Å². The summed E-state index contributed by atoms with van der Waals surface area (Å²) in [7, 11) is 3.46. The first kappa shape index (κ1) is 13.4. The average molecular weight is 251 g/mol. The average Bonchev–Trinajstić information content (AvgIpc) is 2.81. The van der Waals surface area contributed by atoms with Gasteiger partial charge in [0.05, 0.1) is 17.9 Å². The highest BCUT2D eigenvalue weighted by atomic mass is 16.5. The van der Waals surface area contributed by atoms with Gasteiger partial charge in [0.1, 0.15) is 0 Å². The number of likely N-dealkylation sites (tertiary alicyclic amines) is 1. The quantitative estimate of drug-likeness (QED) is 0.820. The summed E-state index contributed by atoms with van der Waals surface area (Å²) in [5.41, 5.74) is 7.85. The first-order chi connectivity index (χ1) is 8.78. The van der Waals surface area contributed by atoms with E-state index in [4.69, 9.17) is 15.2 Å². The van der Waals surface area contributed by atoms with E-state index >= 15 is 0 Å². The molecule has 0 radical (unpaired) electrons. The van der Waals surface area contributed by atoms with Gasteiger partial charge < -0.3 is 15.2 Å². The predicted molar refractivity (Wildman–Crippen MR) is 69.0 cm³/mol. The number of rotatable bonds is 5. The molecule has 1 aromatic rings. The fourth-order valence-electron chi connectivity index (χ4n) is 2.44. The third kappa shape index (κ3) is 2.87. The number of pyridine rings is 1. The lowest BCUT2D eigenvalue weighted by molar-refractivity contribution is -0.00461. The van der Waals surface area contributed by atoms with Crippen LogP contribution in [0.1, 0.15) is 11.3 Å². The van der Waals surface area contributed by atoms with Gasteiger partial charge in [-0.3, -0.25) is 9.88 Å². The van der Waals surface area contributed by atoms with Crippen LogP contribution in [0.2, 0.25) is 0 Å². The summed E-state index contributed by atoms with van der Waals surface area (Å²) in [5.74, 6) is 0. The SMILES string of the molecule is COC1CN(Cc2cccnc2CN)CC1OC. The van der Waals surface area contributed by atoms with Gasteiger partial charge in [-0.2, -0.15) is 0 Å². The van der Waals surface area contributed by atoms with Crippen molar-refractivity contribution in [3.8, 4) is 0 Å².